The standard InChI is InChI=1S/C33H24N12O2/c34-17-11-5-10-16-18(17)30-43-29(16)41-27-13-7-2-1-6-12(13)25(39-27)38-26-14-8-3-4-9-15(14)28(40-26)42-31-19-20(32(44-30)45-31)22(35)24(37)23(36)21(19)33(46)47/h1-11H,34-37H2,(H,46,47)(H4,38,39,40,41,42,43,44,45). The highest BCUT2D eigenvalue weighted by atomic mass is 16.4. The molecular weight excluding hydrogens is 596 g/mol. The van der Waals surface area contributed by atoms with Crippen LogP contribution >= 0.6 is 0 Å². The van der Waals surface area contributed by atoms with Gasteiger partial charge in [-0.15, -0.1) is 0 Å². The zero-order valence-electron chi connectivity index (χ0n) is 24.3. The molecule has 1 aliphatic heterocycles. The fourth-order valence-corrected chi connectivity index (χ4v) is 6.45. The van der Waals surface area contributed by atoms with E-state index in [-0.39, 0.29) is 44.4 Å². The Morgan fingerprint density at radius 1 is 0.489 bits per heavy atom. The van der Waals surface area contributed by atoms with E-state index in [1.807, 2.05) is 60.7 Å². The number of carbonyl (C=O) groups is 1. The average Bonchev–Trinajstić information content (AvgIpc) is 3.79. The lowest BCUT2D eigenvalue weighted by Gasteiger charge is -2.10. The van der Waals surface area contributed by atoms with E-state index >= 15 is 0 Å². The van der Waals surface area contributed by atoms with Crippen LogP contribution in [0, 0.1) is 0 Å². The molecule has 8 aromatic rings. The molecule has 0 atom stereocenters. The number of nitrogen functional groups attached to an aromatic ring is 4. The van der Waals surface area contributed by atoms with Crippen molar-refractivity contribution in [2.45, 2.75) is 0 Å². The van der Waals surface area contributed by atoms with Crippen molar-refractivity contribution in [3.05, 3.63) is 94.2 Å². The van der Waals surface area contributed by atoms with E-state index in [0.717, 1.165) is 21.5 Å². The summed E-state index contributed by atoms with van der Waals surface area (Å²) in [5.74, 6) is 0.507. The molecule has 0 radical (unpaired) electrons. The van der Waals surface area contributed by atoms with Gasteiger partial charge in [0.05, 0.1) is 33.4 Å². The number of anilines is 4. The van der Waals surface area contributed by atoms with Gasteiger partial charge >= 0.3 is 5.97 Å². The van der Waals surface area contributed by atoms with Gasteiger partial charge in [-0.1, -0.05) is 60.7 Å². The van der Waals surface area contributed by atoms with Crippen LogP contribution in [0.2, 0.25) is 0 Å². The van der Waals surface area contributed by atoms with Crippen molar-refractivity contribution in [2.24, 2.45) is 20.0 Å². The number of aromatic nitrogens is 4. The molecule has 0 saturated heterocycles. The number of carboxylic acids is 1. The van der Waals surface area contributed by atoms with Crippen LogP contribution < -0.4 is 44.9 Å². The topological polar surface area (TPSA) is 254 Å². The van der Waals surface area contributed by atoms with Gasteiger partial charge in [-0.05, 0) is 6.07 Å². The van der Waals surface area contributed by atoms with Crippen molar-refractivity contribution in [1.29, 1.82) is 0 Å². The smallest absolute Gasteiger partial charge is 0.338 e. The number of benzene rings is 4. The first-order valence-electron chi connectivity index (χ1n) is 14.5. The summed E-state index contributed by atoms with van der Waals surface area (Å²) >= 11 is 0. The molecule has 0 unspecified atom stereocenters. The summed E-state index contributed by atoms with van der Waals surface area (Å²) in [6.07, 6.45) is 0. The fraction of sp³-hybridized carbons (Fsp3) is 0. The van der Waals surface area contributed by atoms with E-state index in [0.29, 0.717) is 50.7 Å². The Bertz CT molecular complexity index is 2940. The van der Waals surface area contributed by atoms with E-state index in [2.05, 4.69) is 19.9 Å². The first kappa shape index (κ1) is 26.3. The molecule has 47 heavy (non-hydrogen) atoms. The number of hydrogen-bond acceptors (Lipinski definition) is 9. The zero-order valence-corrected chi connectivity index (χ0v) is 24.3. The van der Waals surface area contributed by atoms with Crippen molar-refractivity contribution in [3.63, 3.8) is 0 Å². The summed E-state index contributed by atoms with van der Waals surface area (Å²) in [4.78, 5) is 45.8. The molecular formula is C33H24N12O2. The Labute approximate surface area is 261 Å². The molecule has 13 N–H and O–H groups in total. The Morgan fingerprint density at radius 2 is 0.979 bits per heavy atom. The molecule has 5 heterocycles. The van der Waals surface area contributed by atoms with Crippen LogP contribution in [0.15, 0.2) is 86.7 Å². The van der Waals surface area contributed by atoms with Crippen LogP contribution in [0.5, 0.6) is 0 Å². The predicted octanol–water partition coefficient (Wildman–Crippen LogP) is 3.76. The number of nitrogens with one attached hydrogen (secondary N) is 4. The molecule has 4 aromatic carbocycles. The summed E-state index contributed by atoms with van der Waals surface area (Å²) in [6.45, 7) is 0. The van der Waals surface area contributed by atoms with Gasteiger partial charge in [0.2, 0.25) is 0 Å². The van der Waals surface area contributed by atoms with Crippen LogP contribution in [0.3, 0.4) is 0 Å². The molecule has 0 saturated carbocycles. The molecule has 9 rings (SSSR count). The van der Waals surface area contributed by atoms with Crippen LogP contribution in [0.25, 0.3) is 43.1 Å². The third-order valence-electron chi connectivity index (χ3n) is 8.61. The quantitative estimate of drug-likeness (QED) is 0.123. The van der Waals surface area contributed by atoms with E-state index < -0.39 is 5.97 Å². The predicted molar refractivity (Wildman–Crippen MR) is 181 cm³/mol. The van der Waals surface area contributed by atoms with E-state index in [9.17, 15) is 9.90 Å². The number of fused-ring (bicyclic) bond motifs is 20. The maximum absolute atomic E-state index is 12.7. The molecule has 1 aliphatic rings. The minimum atomic E-state index is -1.30. The van der Waals surface area contributed by atoms with Crippen LogP contribution in [0.4, 0.5) is 46.0 Å². The number of nitrogens with zero attached hydrogens (tertiary/aromatic N) is 4. The Balaban J connectivity index is 1.55. The van der Waals surface area contributed by atoms with Crippen molar-refractivity contribution in [2.75, 3.05) is 22.9 Å². The van der Waals surface area contributed by atoms with Gasteiger partial charge < -0.3 is 48.0 Å². The lowest BCUT2D eigenvalue weighted by atomic mass is 10.0. The molecule has 0 fully saturated rings. The lowest BCUT2D eigenvalue weighted by Crippen LogP contribution is -2.13. The summed E-state index contributed by atoms with van der Waals surface area (Å²) in [6, 6.07) is 20.9. The first-order chi connectivity index (χ1) is 22.8. The van der Waals surface area contributed by atoms with Gasteiger partial charge in [0.15, 0.2) is 0 Å². The highest BCUT2D eigenvalue weighted by molar-refractivity contribution is 6.16. The summed E-state index contributed by atoms with van der Waals surface area (Å²) in [7, 11) is 0. The second-order valence-corrected chi connectivity index (χ2v) is 11.3. The molecule has 4 aromatic heterocycles. The second kappa shape index (κ2) is 9.21. The average molecular weight is 621 g/mol. The van der Waals surface area contributed by atoms with Crippen LogP contribution in [-0.2, 0) is 0 Å². The SMILES string of the molecule is Nc1c(N)c(C(=O)O)c2c3[nH]c(c2c1N)=Nc1[nH]c(c2cccc(N)c12)N=c1[nH]c(c2ccccc12)=Nc1[nH]c(c2ccccc12)N=3. The lowest BCUT2D eigenvalue weighted by molar-refractivity contribution is 0.0700. The molecule has 0 amide bonds. The third kappa shape index (κ3) is 3.63. The number of aromatic amines is 4. The monoisotopic (exact) mass is 620 g/mol. The second-order valence-electron chi connectivity index (χ2n) is 11.3. The molecule has 14 heteroatoms. The highest BCUT2D eigenvalue weighted by Crippen LogP contribution is 2.39. The highest BCUT2D eigenvalue weighted by Gasteiger charge is 2.24. The zero-order chi connectivity index (χ0) is 32.1. The number of rotatable bonds is 1. The molecule has 0 spiro atoms. The van der Waals surface area contributed by atoms with Crippen molar-refractivity contribution in [1.82, 2.24) is 19.9 Å². The van der Waals surface area contributed by atoms with E-state index in [1.54, 1.807) is 6.07 Å². The number of H-pyrrole nitrogens is 4. The summed E-state index contributed by atoms with van der Waals surface area (Å²) in [5.41, 5.74) is 27.1. The summed E-state index contributed by atoms with van der Waals surface area (Å²) < 4.78 is 0. The van der Waals surface area contributed by atoms with Gasteiger partial charge in [-0.2, -0.15) is 0 Å². The van der Waals surface area contributed by atoms with Gasteiger partial charge in [0.1, 0.15) is 45.2 Å². The van der Waals surface area contributed by atoms with Crippen LogP contribution in [-0.4, -0.2) is 31.0 Å². The molecule has 0 aliphatic carbocycles. The number of hydrogen-bond donors (Lipinski definition) is 9. The first-order valence-corrected chi connectivity index (χ1v) is 14.5. The van der Waals surface area contributed by atoms with Crippen molar-refractivity contribution in [3.8, 4) is 0 Å². The van der Waals surface area contributed by atoms with Crippen molar-refractivity contribution >= 4 is 95.1 Å². The largest absolute Gasteiger partial charge is 0.478 e. The normalized spacial score (nSPS) is 12.6. The summed E-state index contributed by atoms with van der Waals surface area (Å²) in [5, 5.41) is 15.3. The van der Waals surface area contributed by atoms with Crippen LogP contribution in [0.1, 0.15) is 10.4 Å². The number of carboxylic acid groups (broad SMARTS) is 1. The maximum atomic E-state index is 12.7. The molecule has 14 nitrogen and oxygen atoms in total. The van der Waals surface area contributed by atoms with Gasteiger partial charge in [-0.25, -0.2) is 24.8 Å². The minimum Gasteiger partial charge on any atom is -0.478 e. The Kier molecular flexibility index (Phi) is 5.16. The number of nitrogens with two attached hydrogens (primary N) is 4. The van der Waals surface area contributed by atoms with Gasteiger partial charge in [0.25, 0.3) is 0 Å². The van der Waals surface area contributed by atoms with Gasteiger partial charge in [0, 0.05) is 38.0 Å². The molecule has 228 valence electrons. The van der Waals surface area contributed by atoms with E-state index in [4.69, 9.17) is 42.9 Å². The fourth-order valence-electron chi connectivity index (χ4n) is 6.45. The Hall–Kier alpha value is -7.09. The van der Waals surface area contributed by atoms with Crippen molar-refractivity contribution < 1.29 is 9.90 Å². The molecule has 8 bridgehead atoms. The van der Waals surface area contributed by atoms with E-state index in [1.165, 1.54) is 0 Å². The third-order valence-corrected chi connectivity index (χ3v) is 8.61. The number of aromatic carboxylic acids is 1. The van der Waals surface area contributed by atoms with Gasteiger partial charge in [-0.3, -0.25) is 0 Å². The Morgan fingerprint density at radius 3 is 1.62 bits per heavy atom. The minimum absolute atomic E-state index is 0.0581. The maximum Gasteiger partial charge on any atom is 0.338 e.